The molecule has 4 nitrogen and oxygen atoms in total. The van der Waals surface area contributed by atoms with Crippen LogP contribution < -0.4 is 4.74 Å². The lowest BCUT2D eigenvalue weighted by molar-refractivity contribution is 0.292. The predicted octanol–water partition coefficient (Wildman–Crippen LogP) is 5.76. The second-order valence-electron chi connectivity index (χ2n) is 7.71. The molecule has 0 saturated carbocycles. The zero-order valence-electron chi connectivity index (χ0n) is 16.2. The first-order valence-corrected chi connectivity index (χ1v) is 9.14. The van der Waals surface area contributed by atoms with Gasteiger partial charge < -0.3 is 9.72 Å². The van der Waals surface area contributed by atoms with E-state index >= 15 is 0 Å². The molecule has 0 aliphatic heterocycles. The number of hydrogen-bond acceptors (Lipinski definition) is 3. The number of H-pyrrole nitrogens is 1. The summed E-state index contributed by atoms with van der Waals surface area (Å²) in [5, 5.41) is 0.513. The minimum atomic E-state index is -0.359. The van der Waals surface area contributed by atoms with E-state index in [-0.39, 0.29) is 23.5 Å². The van der Waals surface area contributed by atoms with Crippen LogP contribution in [0.3, 0.4) is 0 Å². The van der Waals surface area contributed by atoms with Gasteiger partial charge in [-0.25, -0.2) is 9.37 Å². The van der Waals surface area contributed by atoms with Crippen LogP contribution >= 0.6 is 11.6 Å². The van der Waals surface area contributed by atoms with Crippen LogP contribution in [-0.2, 0) is 12.0 Å². The number of benzene rings is 1. The second-order valence-corrected chi connectivity index (χ2v) is 8.09. The van der Waals surface area contributed by atoms with Crippen molar-refractivity contribution in [3.63, 3.8) is 0 Å². The summed E-state index contributed by atoms with van der Waals surface area (Å²) in [6.45, 7) is 10.0. The molecule has 0 fully saturated rings. The van der Waals surface area contributed by atoms with Gasteiger partial charge in [0.1, 0.15) is 40.5 Å². The summed E-state index contributed by atoms with van der Waals surface area (Å²) in [6.07, 6.45) is 1.63. The SMILES string of the molecule is Cc1cnc(COc2ccc(-c3nc(C(C)(C)C)[nH]c3Cl)cc2C)c(F)c1. The zero-order valence-corrected chi connectivity index (χ0v) is 16.9. The molecule has 1 aromatic carbocycles. The number of aromatic amines is 1. The van der Waals surface area contributed by atoms with Gasteiger partial charge in [-0.3, -0.25) is 4.98 Å². The van der Waals surface area contributed by atoms with Crippen molar-refractivity contribution in [3.05, 3.63) is 64.1 Å². The fourth-order valence-electron chi connectivity index (χ4n) is 2.67. The first-order chi connectivity index (χ1) is 12.6. The van der Waals surface area contributed by atoms with Crippen molar-refractivity contribution in [2.75, 3.05) is 0 Å². The van der Waals surface area contributed by atoms with Crippen LogP contribution in [0.25, 0.3) is 11.3 Å². The largest absolute Gasteiger partial charge is 0.487 e. The third-order valence-electron chi connectivity index (χ3n) is 4.24. The molecule has 0 unspecified atom stereocenters. The van der Waals surface area contributed by atoms with Gasteiger partial charge in [0, 0.05) is 17.2 Å². The highest BCUT2D eigenvalue weighted by molar-refractivity contribution is 6.31. The molecular weight excluding hydrogens is 365 g/mol. The number of hydrogen-bond donors (Lipinski definition) is 1. The van der Waals surface area contributed by atoms with Crippen LogP contribution in [0.15, 0.2) is 30.5 Å². The molecule has 3 aromatic rings. The van der Waals surface area contributed by atoms with Crippen LogP contribution in [0, 0.1) is 19.7 Å². The summed E-state index contributed by atoms with van der Waals surface area (Å²) in [6, 6.07) is 7.16. The van der Waals surface area contributed by atoms with Crippen LogP contribution in [0.2, 0.25) is 5.15 Å². The van der Waals surface area contributed by atoms with Gasteiger partial charge in [-0.1, -0.05) is 32.4 Å². The molecule has 1 N–H and O–H groups in total. The van der Waals surface area contributed by atoms with Crippen LogP contribution in [-0.4, -0.2) is 15.0 Å². The topological polar surface area (TPSA) is 50.8 Å². The normalized spacial score (nSPS) is 11.7. The minimum absolute atomic E-state index is 0.0730. The molecule has 2 aromatic heterocycles. The van der Waals surface area contributed by atoms with E-state index in [0.29, 0.717) is 16.6 Å². The van der Waals surface area contributed by atoms with Gasteiger partial charge in [0.05, 0.1) is 0 Å². The Hall–Kier alpha value is -2.40. The number of halogens is 2. The summed E-state index contributed by atoms with van der Waals surface area (Å²) in [7, 11) is 0. The predicted molar refractivity (Wildman–Crippen MR) is 106 cm³/mol. The van der Waals surface area contributed by atoms with Gasteiger partial charge in [0.2, 0.25) is 0 Å². The van der Waals surface area contributed by atoms with Crippen molar-refractivity contribution in [2.45, 2.75) is 46.6 Å². The first-order valence-electron chi connectivity index (χ1n) is 8.76. The minimum Gasteiger partial charge on any atom is -0.487 e. The van der Waals surface area contributed by atoms with Gasteiger partial charge in [-0.2, -0.15) is 0 Å². The third kappa shape index (κ3) is 4.30. The van der Waals surface area contributed by atoms with E-state index in [1.54, 1.807) is 13.1 Å². The number of aryl methyl sites for hydroxylation is 2. The summed E-state index contributed by atoms with van der Waals surface area (Å²) in [5.74, 6) is 1.15. The average molecular weight is 388 g/mol. The third-order valence-corrected chi connectivity index (χ3v) is 4.51. The van der Waals surface area contributed by atoms with E-state index < -0.39 is 0 Å². The Labute approximate surface area is 163 Å². The van der Waals surface area contributed by atoms with Gasteiger partial charge in [-0.05, 0) is 49.2 Å². The fraction of sp³-hybridized carbons (Fsp3) is 0.333. The van der Waals surface area contributed by atoms with E-state index in [1.165, 1.54) is 6.07 Å². The number of pyridine rings is 1. The lowest BCUT2D eigenvalue weighted by Gasteiger charge is -2.14. The molecule has 3 rings (SSSR count). The van der Waals surface area contributed by atoms with Crippen molar-refractivity contribution < 1.29 is 9.13 Å². The molecule has 0 saturated heterocycles. The summed E-state index contributed by atoms with van der Waals surface area (Å²) in [4.78, 5) is 11.9. The highest BCUT2D eigenvalue weighted by Crippen LogP contribution is 2.32. The number of aromatic nitrogens is 3. The lowest BCUT2D eigenvalue weighted by Crippen LogP contribution is -2.13. The van der Waals surface area contributed by atoms with Crippen molar-refractivity contribution >= 4 is 11.6 Å². The van der Waals surface area contributed by atoms with Gasteiger partial charge in [0.15, 0.2) is 0 Å². The molecule has 0 atom stereocenters. The number of nitrogens with one attached hydrogen (secondary N) is 1. The first kappa shape index (κ1) is 19.4. The summed E-state index contributed by atoms with van der Waals surface area (Å²) >= 11 is 6.35. The van der Waals surface area contributed by atoms with Crippen molar-refractivity contribution in [1.82, 2.24) is 15.0 Å². The molecule has 27 heavy (non-hydrogen) atoms. The standard InChI is InChI=1S/C21H23ClFN3O/c1-12-8-15(23)16(24-10-12)11-27-17-7-6-14(9-13(17)2)18-19(22)26-20(25-18)21(3,4)5/h6-10H,11H2,1-5H3,(H,25,26). The van der Waals surface area contributed by atoms with Gasteiger partial charge in [0.25, 0.3) is 0 Å². The Morgan fingerprint density at radius 1 is 1.19 bits per heavy atom. The molecule has 6 heteroatoms. The van der Waals surface area contributed by atoms with Crippen molar-refractivity contribution in [3.8, 4) is 17.0 Å². The molecule has 0 radical (unpaired) electrons. The highest BCUT2D eigenvalue weighted by atomic mass is 35.5. The van der Waals surface area contributed by atoms with Gasteiger partial charge >= 0.3 is 0 Å². The molecule has 0 bridgehead atoms. The van der Waals surface area contributed by atoms with E-state index in [1.807, 2.05) is 25.1 Å². The van der Waals surface area contributed by atoms with Crippen molar-refractivity contribution in [2.24, 2.45) is 0 Å². The molecule has 0 aliphatic carbocycles. The van der Waals surface area contributed by atoms with E-state index in [0.717, 1.165) is 22.5 Å². The molecule has 0 amide bonds. The Bertz CT molecular complexity index is 976. The molecular formula is C21H23ClFN3O. The van der Waals surface area contributed by atoms with Crippen LogP contribution in [0.1, 0.15) is 43.4 Å². The maximum atomic E-state index is 13.9. The molecule has 142 valence electrons. The van der Waals surface area contributed by atoms with E-state index in [9.17, 15) is 4.39 Å². The Morgan fingerprint density at radius 2 is 1.93 bits per heavy atom. The average Bonchev–Trinajstić information content (AvgIpc) is 2.97. The summed E-state index contributed by atoms with van der Waals surface area (Å²) < 4.78 is 19.7. The van der Waals surface area contributed by atoms with Crippen LogP contribution in [0.5, 0.6) is 5.75 Å². The highest BCUT2D eigenvalue weighted by Gasteiger charge is 2.21. The molecule has 0 spiro atoms. The number of nitrogens with zero attached hydrogens (tertiary/aromatic N) is 2. The number of ether oxygens (including phenoxy) is 1. The maximum Gasteiger partial charge on any atom is 0.148 e. The summed E-state index contributed by atoms with van der Waals surface area (Å²) in [5.41, 5.74) is 3.47. The zero-order chi connectivity index (χ0) is 19.8. The van der Waals surface area contributed by atoms with Crippen LogP contribution in [0.4, 0.5) is 4.39 Å². The monoisotopic (exact) mass is 387 g/mol. The lowest BCUT2D eigenvalue weighted by atomic mass is 9.96. The smallest absolute Gasteiger partial charge is 0.148 e. The van der Waals surface area contributed by atoms with E-state index in [4.69, 9.17) is 16.3 Å². The number of imidazole rings is 1. The second kappa shape index (κ2) is 7.31. The fourth-order valence-corrected chi connectivity index (χ4v) is 2.91. The van der Waals surface area contributed by atoms with Gasteiger partial charge in [-0.15, -0.1) is 0 Å². The van der Waals surface area contributed by atoms with Crippen molar-refractivity contribution in [1.29, 1.82) is 0 Å². The van der Waals surface area contributed by atoms with E-state index in [2.05, 4.69) is 35.7 Å². The maximum absolute atomic E-state index is 13.9. The molecule has 0 aliphatic rings. The quantitative estimate of drug-likeness (QED) is 0.619. The Morgan fingerprint density at radius 3 is 2.52 bits per heavy atom. The Balaban J connectivity index is 1.81. The molecule has 2 heterocycles. The number of rotatable bonds is 4. The Kier molecular flexibility index (Phi) is 5.24.